The zero-order valence-corrected chi connectivity index (χ0v) is 16.0. The van der Waals surface area contributed by atoms with Crippen LogP contribution in [0.2, 0.25) is 0 Å². The summed E-state index contributed by atoms with van der Waals surface area (Å²) >= 11 is 0. The Morgan fingerprint density at radius 1 is 0.600 bits per heavy atom. The van der Waals surface area contributed by atoms with Crippen molar-refractivity contribution in [2.45, 2.75) is 0 Å². The molecule has 144 valence electrons. The highest BCUT2D eigenvalue weighted by Crippen LogP contribution is 2.23. The molecule has 1 aromatic carbocycles. The highest BCUT2D eigenvalue weighted by Gasteiger charge is 2.08. The first kappa shape index (κ1) is 16.7. The zero-order chi connectivity index (χ0) is 20.1. The predicted octanol–water partition coefficient (Wildman–Crippen LogP) is 1.59. The molecule has 30 heavy (non-hydrogen) atoms. The maximum Gasteiger partial charge on any atom is 0.152 e. The molecule has 4 aromatic heterocycles. The molecule has 6 rings (SSSR count). The van der Waals surface area contributed by atoms with Crippen LogP contribution < -0.4 is 21.4 Å². The Bertz CT molecular complexity index is 1670. The first-order chi connectivity index (χ1) is 14.7. The summed E-state index contributed by atoms with van der Waals surface area (Å²) in [6.07, 6.45) is 9.07. The summed E-state index contributed by atoms with van der Waals surface area (Å²) < 4.78 is 0. The molecule has 0 spiro atoms. The van der Waals surface area contributed by atoms with Gasteiger partial charge < -0.3 is 19.9 Å². The van der Waals surface area contributed by atoms with E-state index in [4.69, 9.17) is 0 Å². The largest absolute Gasteiger partial charge is 0.355 e. The molecule has 0 radical (unpaired) electrons. The van der Waals surface area contributed by atoms with E-state index in [9.17, 15) is 4.79 Å². The van der Waals surface area contributed by atoms with E-state index in [1.54, 1.807) is 0 Å². The topological polar surface area (TPSA) is 80.2 Å². The number of carbonyl (C=O) groups excluding carboxylic acids is 1. The average Bonchev–Trinajstić information content (AvgIpc) is 3.52. The van der Waals surface area contributed by atoms with Crippen molar-refractivity contribution in [3.63, 3.8) is 0 Å². The first-order valence-corrected chi connectivity index (χ1v) is 9.81. The van der Waals surface area contributed by atoms with E-state index in [1.807, 2.05) is 42.5 Å². The van der Waals surface area contributed by atoms with Crippen LogP contribution in [0.5, 0.6) is 0 Å². The highest BCUT2D eigenvalue weighted by atomic mass is 16.1. The number of fused-ring (bicyclic) bond motifs is 11. The Labute approximate surface area is 170 Å². The number of rotatable bonds is 1. The summed E-state index contributed by atoms with van der Waals surface area (Å²) in [6, 6.07) is 18.3. The molecular weight excluding hydrogens is 372 g/mol. The van der Waals surface area contributed by atoms with E-state index in [0.29, 0.717) is 5.56 Å². The smallest absolute Gasteiger partial charge is 0.152 e. The molecule has 0 unspecified atom stereocenters. The van der Waals surface area contributed by atoms with Gasteiger partial charge in [-0.3, -0.25) is 4.79 Å². The number of hydrogen-bond acceptors (Lipinski definition) is 1. The van der Waals surface area contributed by atoms with Crippen LogP contribution in [0.1, 0.15) is 33.1 Å². The maximum atomic E-state index is 11.7. The molecule has 1 aliphatic rings. The number of benzene rings is 1. The van der Waals surface area contributed by atoms with Crippen LogP contribution in [0.15, 0.2) is 54.6 Å². The lowest BCUT2D eigenvalue weighted by Crippen LogP contribution is -2.12. The van der Waals surface area contributed by atoms with E-state index >= 15 is 0 Å². The summed E-state index contributed by atoms with van der Waals surface area (Å²) in [5.74, 6) is 0. The summed E-state index contributed by atoms with van der Waals surface area (Å²) in [5.41, 5.74) is 4.57. The van der Waals surface area contributed by atoms with E-state index in [-0.39, 0.29) is 0 Å². The van der Waals surface area contributed by atoms with Crippen molar-refractivity contribution in [2.24, 2.45) is 0 Å². The molecule has 5 heterocycles. The quantitative estimate of drug-likeness (QED) is 0.316. The van der Waals surface area contributed by atoms with Crippen molar-refractivity contribution in [3.8, 4) is 0 Å². The van der Waals surface area contributed by atoms with Crippen molar-refractivity contribution in [3.05, 3.63) is 104 Å². The van der Waals surface area contributed by atoms with Gasteiger partial charge in [0.25, 0.3) is 0 Å². The van der Waals surface area contributed by atoms with Crippen LogP contribution in [-0.2, 0) is 0 Å². The summed E-state index contributed by atoms with van der Waals surface area (Å²) in [4.78, 5) is 25.4. The third-order valence-corrected chi connectivity index (χ3v) is 5.48. The van der Waals surface area contributed by atoms with Gasteiger partial charge in [-0.25, -0.2) is 0 Å². The highest BCUT2D eigenvalue weighted by molar-refractivity contribution is 5.96. The minimum absolute atomic E-state index is 0.627. The van der Waals surface area contributed by atoms with Gasteiger partial charge in [-0.05, 0) is 54.6 Å². The molecule has 8 bridgehead atoms. The van der Waals surface area contributed by atoms with Crippen molar-refractivity contribution >= 4 is 41.4 Å². The Balaban J connectivity index is 1.74. The van der Waals surface area contributed by atoms with Crippen LogP contribution in [0.25, 0.3) is 35.1 Å². The first-order valence-electron chi connectivity index (χ1n) is 9.81. The van der Waals surface area contributed by atoms with Gasteiger partial charge in [-0.15, -0.1) is 0 Å². The second kappa shape index (κ2) is 6.39. The number of H-pyrrole nitrogens is 4. The van der Waals surface area contributed by atoms with E-state index in [2.05, 4.69) is 56.4 Å². The second-order valence-electron chi connectivity index (χ2n) is 7.52. The van der Waals surface area contributed by atoms with E-state index in [0.717, 1.165) is 61.2 Å². The summed E-state index contributed by atoms with van der Waals surface area (Å²) in [7, 11) is 0. The van der Waals surface area contributed by atoms with Crippen molar-refractivity contribution in [1.82, 2.24) is 19.9 Å². The molecular formula is C25H18N4O. The van der Waals surface area contributed by atoms with Crippen molar-refractivity contribution in [1.29, 1.82) is 0 Å². The lowest BCUT2D eigenvalue weighted by Gasteiger charge is -1.91. The monoisotopic (exact) mass is 390 g/mol. The lowest BCUT2D eigenvalue weighted by atomic mass is 10.1. The molecule has 5 heteroatoms. The maximum absolute atomic E-state index is 11.7. The van der Waals surface area contributed by atoms with Crippen molar-refractivity contribution < 1.29 is 4.79 Å². The number of carbonyl (C=O) groups is 1. The van der Waals surface area contributed by atoms with Crippen LogP contribution in [0.4, 0.5) is 0 Å². The third kappa shape index (κ3) is 2.76. The van der Waals surface area contributed by atoms with E-state index in [1.165, 1.54) is 0 Å². The van der Waals surface area contributed by atoms with Gasteiger partial charge in [0.15, 0.2) is 6.29 Å². The minimum Gasteiger partial charge on any atom is -0.355 e. The van der Waals surface area contributed by atoms with Crippen molar-refractivity contribution in [2.75, 3.05) is 0 Å². The summed E-state index contributed by atoms with van der Waals surface area (Å²) in [5, 5.41) is 5.93. The summed E-state index contributed by atoms with van der Waals surface area (Å²) in [6.45, 7) is 0. The molecule has 4 N–H and O–H groups in total. The Morgan fingerprint density at radius 3 is 2.00 bits per heavy atom. The molecule has 5 nitrogen and oxygen atoms in total. The number of aromatic nitrogens is 4. The van der Waals surface area contributed by atoms with Gasteiger partial charge in [0.2, 0.25) is 0 Å². The average molecular weight is 390 g/mol. The van der Waals surface area contributed by atoms with Crippen LogP contribution >= 0.6 is 0 Å². The molecule has 5 aromatic rings. The second-order valence-corrected chi connectivity index (χ2v) is 7.52. The number of aromatic amines is 4. The SMILES string of the molecule is O=Cc1cc2[nH]c1=Cc1[nH]c(c3ccccc13)C=c1ccc([nH]1)=Cc1ccc([nH]1)C=2. The van der Waals surface area contributed by atoms with Gasteiger partial charge in [-0.1, -0.05) is 24.3 Å². The number of aldehydes is 1. The van der Waals surface area contributed by atoms with Gasteiger partial charge in [0, 0.05) is 55.2 Å². The van der Waals surface area contributed by atoms with Gasteiger partial charge >= 0.3 is 0 Å². The Morgan fingerprint density at radius 2 is 1.27 bits per heavy atom. The fourth-order valence-electron chi connectivity index (χ4n) is 4.09. The fourth-order valence-corrected chi connectivity index (χ4v) is 4.09. The molecule has 0 saturated carbocycles. The van der Waals surface area contributed by atoms with Crippen LogP contribution in [0, 0.1) is 0 Å². The standard InChI is InChI=1S/C25H18N4O/c30-14-15-9-20-11-18-6-5-16(26-18)10-17-7-8-19(27-17)12-24-21-3-1-2-4-22(21)25(29-24)13-23(15)28-20/h1-14,26-29H. The third-order valence-electron chi connectivity index (χ3n) is 5.48. The fraction of sp³-hybridized carbons (Fsp3) is 0. The molecule has 0 atom stereocenters. The Hall–Kier alpha value is -4.25. The number of hydrogen-bond donors (Lipinski definition) is 4. The molecule has 0 amide bonds. The lowest BCUT2D eigenvalue weighted by molar-refractivity contribution is 0.112. The van der Waals surface area contributed by atoms with Gasteiger partial charge in [0.1, 0.15) is 0 Å². The molecule has 0 aliphatic carbocycles. The van der Waals surface area contributed by atoms with Gasteiger partial charge in [0.05, 0.1) is 5.35 Å². The normalized spacial score (nSPS) is 12.5. The minimum atomic E-state index is 0.627. The van der Waals surface area contributed by atoms with Gasteiger partial charge in [-0.2, -0.15) is 0 Å². The molecule has 0 saturated heterocycles. The number of nitrogens with one attached hydrogen (secondary N) is 4. The zero-order valence-electron chi connectivity index (χ0n) is 16.0. The molecule has 0 fully saturated rings. The van der Waals surface area contributed by atoms with E-state index < -0.39 is 0 Å². The Kier molecular flexibility index (Phi) is 3.55. The molecule has 1 aliphatic heterocycles. The van der Waals surface area contributed by atoms with Crippen LogP contribution in [0.3, 0.4) is 0 Å². The van der Waals surface area contributed by atoms with Crippen LogP contribution in [-0.4, -0.2) is 26.2 Å². The predicted molar refractivity (Wildman–Crippen MR) is 119 cm³/mol.